The Labute approximate surface area is 93.4 Å². The summed E-state index contributed by atoms with van der Waals surface area (Å²) in [5.41, 5.74) is 0.230. The molecule has 0 aromatic heterocycles. The predicted molar refractivity (Wildman–Crippen MR) is 55.1 cm³/mol. The summed E-state index contributed by atoms with van der Waals surface area (Å²) in [5, 5.41) is 19.3. The predicted octanol–water partition coefficient (Wildman–Crippen LogP) is 3.08. The first-order valence-electron chi connectivity index (χ1n) is 3.55. The number of halogens is 2. The summed E-state index contributed by atoms with van der Waals surface area (Å²) in [5.74, 6) is 0. The van der Waals surface area contributed by atoms with Gasteiger partial charge in [-0.15, -0.1) is 0 Å². The SMILES string of the molecule is N#CCc1cc(Br)c(Cl)cc1[N+](=O)[O-]. The molecule has 1 aromatic carbocycles. The molecular weight excluding hydrogens is 271 g/mol. The number of nitro groups is 1. The minimum Gasteiger partial charge on any atom is -0.258 e. The Morgan fingerprint density at radius 3 is 2.79 bits per heavy atom. The summed E-state index contributed by atoms with van der Waals surface area (Å²) < 4.78 is 0.551. The molecule has 0 fully saturated rings. The molecule has 0 unspecified atom stereocenters. The van der Waals surface area contributed by atoms with Gasteiger partial charge < -0.3 is 0 Å². The molecule has 0 spiro atoms. The van der Waals surface area contributed by atoms with Gasteiger partial charge in [-0.05, 0) is 22.0 Å². The Morgan fingerprint density at radius 1 is 1.64 bits per heavy atom. The highest BCUT2D eigenvalue weighted by molar-refractivity contribution is 9.10. The van der Waals surface area contributed by atoms with E-state index in [9.17, 15) is 10.1 Å². The van der Waals surface area contributed by atoms with Crippen molar-refractivity contribution in [1.82, 2.24) is 0 Å². The maximum Gasteiger partial charge on any atom is 0.275 e. The molecule has 1 rings (SSSR count). The molecule has 72 valence electrons. The van der Waals surface area contributed by atoms with Crippen LogP contribution in [0.4, 0.5) is 5.69 Å². The molecule has 14 heavy (non-hydrogen) atoms. The van der Waals surface area contributed by atoms with Gasteiger partial charge in [-0.25, -0.2) is 0 Å². The van der Waals surface area contributed by atoms with E-state index in [1.165, 1.54) is 12.1 Å². The molecule has 0 aliphatic carbocycles. The molecule has 0 amide bonds. The van der Waals surface area contributed by atoms with Crippen molar-refractivity contribution in [1.29, 1.82) is 5.26 Å². The Balaban J connectivity index is 3.32. The van der Waals surface area contributed by atoms with E-state index in [2.05, 4.69) is 15.9 Å². The van der Waals surface area contributed by atoms with Gasteiger partial charge in [-0.3, -0.25) is 10.1 Å². The molecule has 0 saturated heterocycles. The van der Waals surface area contributed by atoms with E-state index in [1.807, 2.05) is 6.07 Å². The van der Waals surface area contributed by atoms with Gasteiger partial charge in [0.05, 0.1) is 22.4 Å². The van der Waals surface area contributed by atoms with E-state index in [4.69, 9.17) is 16.9 Å². The fraction of sp³-hybridized carbons (Fsp3) is 0.125. The van der Waals surface area contributed by atoms with Crippen molar-refractivity contribution < 1.29 is 4.92 Å². The largest absolute Gasteiger partial charge is 0.275 e. The summed E-state index contributed by atoms with van der Waals surface area (Å²) in [4.78, 5) is 10.0. The smallest absolute Gasteiger partial charge is 0.258 e. The fourth-order valence-electron chi connectivity index (χ4n) is 0.974. The molecule has 0 N–H and O–H groups in total. The van der Waals surface area contributed by atoms with Gasteiger partial charge in [0.2, 0.25) is 0 Å². The van der Waals surface area contributed by atoms with Gasteiger partial charge in [0.25, 0.3) is 5.69 Å². The lowest BCUT2D eigenvalue weighted by Crippen LogP contribution is -1.95. The van der Waals surface area contributed by atoms with Crippen LogP contribution in [-0.2, 0) is 6.42 Å². The normalized spacial score (nSPS) is 9.50. The highest BCUT2D eigenvalue weighted by atomic mass is 79.9. The molecule has 0 atom stereocenters. The average Bonchev–Trinajstić information content (AvgIpc) is 2.11. The number of hydrogen-bond acceptors (Lipinski definition) is 3. The zero-order valence-electron chi connectivity index (χ0n) is 6.83. The van der Waals surface area contributed by atoms with Crippen molar-refractivity contribution in [2.24, 2.45) is 0 Å². The molecule has 6 heteroatoms. The summed E-state index contributed by atoms with van der Waals surface area (Å²) in [7, 11) is 0. The minimum absolute atomic E-state index is 0.00785. The van der Waals surface area contributed by atoms with Crippen LogP contribution >= 0.6 is 27.5 Å². The molecule has 0 radical (unpaired) electrons. The maximum absolute atomic E-state index is 10.6. The van der Waals surface area contributed by atoms with Crippen LogP contribution in [0.2, 0.25) is 5.02 Å². The molecule has 1 aromatic rings. The number of hydrogen-bond donors (Lipinski definition) is 0. The van der Waals surface area contributed by atoms with Gasteiger partial charge in [-0.1, -0.05) is 11.6 Å². The second kappa shape index (κ2) is 4.40. The Bertz CT molecular complexity index is 428. The lowest BCUT2D eigenvalue weighted by Gasteiger charge is -2.01. The topological polar surface area (TPSA) is 66.9 Å². The number of benzene rings is 1. The number of nitriles is 1. The first-order valence-corrected chi connectivity index (χ1v) is 4.72. The van der Waals surface area contributed by atoms with Crippen LogP contribution in [0.5, 0.6) is 0 Å². The fourth-order valence-corrected chi connectivity index (χ4v) is 1.52. The van der Waals surface area contributed by atoms with Crippen LogP contribution in [0.1, 0.15) is 5.56 Å². The van der Waals surface area contributed by atoms with E-state index in [0.717, 1.165) is 0 Å². The van der Waals surface area contributed by atoms with E-state index in [-0.39, 0.29) is 17.1 Å². The summed E-state index contributed by atoms with van der Waals surface area (Å²) >= 11 is 8.83. The van der Waals surface area contributed by atoms with Crippen LogP contribution in [0.15, 0.2) is 16.6 Å². The van der Waals surface area contributed by atoms with Crippen molar-refractivity contribution in [2.75, 3.05) is 0 Å². The number of rotatable bonds is 2. The van der Waals surface area contributed by atoms with Crippen LogP contribution < -0.4 is 0 Å². The molecule has 0 aliphatic heterocycles. The van der Waals surface area contributed by atoms with Crippen LogP contribution in [0.25, 0.3) is 0 Å². The maximum atomic E-state index is 10.6. The van der Waals surface area contributed by atoms with Crippen molar-refractivity contribution in [3.05, 3.63) is 37.3 Å². The Hall–Kier alpha value is -1.12. The monoisotopic (exact) mass is 274 g/mol. The molecule has 4 nitrogen and oxygen atoms in total. The van der Waals surface area contributed by atoms with Crippen LogP contribution in [0.3, 0.4) is 0 Å². The lowest BCUT2D eigenvalue weighted by molar-refractivity contribution is -0.385. The summed E-state index contributed by atoms with van der Waals surface area (Å²) in [6.45, 7) is 0. The lowest BCUT2D eigenvalue weighted by atomic mass is 10.1. The average molecular weight is 275 g/mol. The first kappa shape index (κ1) is 11.0. The molecule has 0 heterocycles. The summed E-state index contributed by atoms with van der Waals surface area (Å²) in [6.07, 6.45) is -0.00785. The second-order valence-corrected chi connectivity index (χ2v) is 3.75. The third kappa shape index (κ3) is 2.22. The molecule has 0 saturated carbocycles. The van der Waals surface area contributed by atoms with Gasteiger partial charge in [-0.2, -0.15) is 5.26 Å². The van der Waals surface area contributed by atoms with E-state index in [0.29, 0.717) is 10.0 Å². The van der Waals surface area contributed by atoms with E-state index < -0.39 is 4.92 Å². The third-order valence-electron chi connectivity index (χ3n) is 1.59. The standard InChI is InChI=1S/C8H4BrClN2O2/c9-6-3-5(1-2-11)8(12(13)14)4-7(6)10/h3-4H,1H2. The molecule has 0 bridgehead atoms. The van der Waals surface area contributed by atoms with Crippen LogP contribution in [-0.4, -0.2) is 4.92 Å². The van der Waals surface area contributed by atoms with Gasteiger partial charge in [0.15, 0.2) is 0 Å². The van der Waals surface area contributed by atoms with Crippen molar-refractivity contribution >= 4 is 33.2 Å². The highest BCUT2D eigenvalue weighted by Crippen LogP contribution is 2.30. The van der Waals surface area contributed by atoms with Gasteiger partial charge in [0.1, 0.15) is 0 Å². The van der Waals surface area contributed by atoms with E-state index >= 15 is 0 Å². The number of nitrogens with zero attached hydrogens (tertiary/aromatic N) is 2. The zero-order chi connectivity index (χ0) is 10.7. The van der Waals surface area contributed by atoms with Crippen molar-refractivity contribution in [2.45, 2.75) is 6.42 Å². The quantitative estimate of drug-likeness (QED) is 0.615. The third-order valence-corrected chi connectivity index (χ3v) is 2.78. The minimum atomic E-state index is -0.551. The van der Waals surface area contributed by atoms with Gasteiger partial charge in [0, 0.05) is 16.1 Å². The molecular formula is C8H4BrClN2O2. The summed E-state index contributed by atoms with van der Waals surface area (Å²) in [6, 6.07) is 4.58. The second-order valence-electron chi connectivity index (χ2n) is 2.49. The number of nitro benzene ring substituents is 1. The first-order chi connectivity index (χ1) is 6.56. The van der Waals surface area contributed by atoms with Gasteiger partial charge >= 0.3 is 0 Å². The van der Waals surface area contributed by atoms with Crippen molar-refractivity contribution in [3.63, 3.8) is 0 Å². The molecule has 0 aliphatic rings. The van der Waals surface area contributed by atoms with Crippen molar-refractivity contribution in [3.8, 4) is 6.07 Å². The Kier molecular flexibility index (Phi) is 3.44. The Morgan fingerprint density at radius 2 is 2.29 bits per heavy atom. The van der Waals surface area contributed by atoms with Crippen LogP contribution in [0, 0.1) is 21.4 Å². The van der Waals surface area contributed by atoms with E-state index in [1.54, 1.807) is 0 Å². The zero-order valence-corrected chi connectivity index (χ0v) is 9.17. The highest BCUT2D eigenvalue weighted by Gasteiger charge is 2.15.